The zero-order chi connectivity index (χ0) is 14.7. The minimum absolute atomic E-state index is 0.393. The van der Waals surface area contributed by atoms with Crippen LogP contribution in [-0.2, 0) is 6.42 Å². The molecule has 0 saturated heterocycles. The number of rotatable bonds is 5. The Morgan fingerprint density at radius 3 is 2.20 bits per heavy atom. The highest BCUT2D eigenvalue weighted by atomic mass is 32.1. The lowest BCUT2D eigenvalue weighted by molar-refractivity contribution is 0.479. The van der Waals surface area contributed by atoms with Gasteiger partial charge in [0.1, 0.15) is 0 Å². The minimum Gasteiger partial charge on any atom is -0.307 e. The van der Waals surface area contributed by atoms with Gasteiger partial charge in [-0.05, 0) is 58.7 Å². The number of thiophene rings is 1. The second-order valence-electron chi connectivity index (χ2n) is 5.93. The molecule has 2 rings (SSSR count). The highest BCUT2D eigenvalue weighted by molar-refractivity contribution is 7.11. The van der Waals surface area contributed by atoms with Gasteiger partial charge in [-0.25, -0.2) is 0 Å². The van der Waals surface area contributed by atoms with E-state index in [1.165, 1.54) is 26.4 Å². The van der Waals surface area contributed by atoms with Gasteiger partial charge in [-0.3, -0.25) is 0 Å². The molecule has 0 aliphatic carbocycles. The Morgan fingerprint density at radius 2 is 1.65 bits per heavy atom. The summed E-state index contributed by atoms with van der Waals surface area (Å²) in [6, 6.07) is 12.1. The fourth-order valence-electron chi connectivity index (χ4n) is 2.74. The van der Waals surface area contributed by atoms with Crippen LogP contribution < -0.4 is 5.32 Å². The lowest BCUT2D eigenvalue weighted by atomic mass is 10.0. The molecule has 2 aromatic rings. The third kappa shape index (κ3) is 4.19. The van der Waals surface area contributed by atoms with Crippen molar-refractivity contribution >= 4 is 11.3 Å². The largest absolute Gasteiger partial charge is 0.307 e. The third-order valence-corrected chi connectivity index (χ3v) is 4.60. The Bertz CT molecular complexity index is 550. The van der Waals surface area contributed by atoms with E-state index in [4.69, 9.17) is 0 Å². The molecule has 0 saturated carbocycles. The molecule has 1 heterocycles. The number of hydrogen-bond acceptors (Lipinski definition) is 2. The van der Waals surface area contributed by atoms with E-state index in [1.807, 2.05) is 11.3 Å². The van der Waals surface area contributed by atoms with E-state index in [0.717, 1.165) is 6.42 Å². The Kier molecular flexibility index (Phi) is 5.00. The van der Waals surface area contributed by atoms with Gasteiger partial charge in [0.25, 0.3) is 0 Å². The lowest BCUT2D eigenvalue weighted by Gasteiger charge is -2.21. The zero-order valence-corrected chi connectivity index (χ0v) is 14.0. The molecule has 1 aromatic heterocycles. The highest BCUT2D eigenvalue weighted by Gasteiger charge is 2.11. The molecule has 1 nitrogen and oxygen atoms in total. The van der Waals surface area contributed by atoms with E-state index in [1.54, 1.807) is 0 Å². The average Bonchev–Trinajstić information content (AvgIpc) is 2.73. The van der Waals surface area contributed by atoms with Crippen molar-refractivity contribution in [3.05, 3.63) is 56.8 Å². The summed E-state index contributed by atoms with van der Waals surface area (Å²) in [6.45, 7) is 11.0. The lowest BCUT2D eigenvalue weighted by Crippen LogP contribution is -2.30. The molecule has 2 unspecified atom stereocenters. The van der Waals surface area contributed by atoms with E-state index >= 15 is 0 Å². The molecule has 0 amide bonds. The molecule has 0 aliphatic heterocycles. The van der Waals surface area contributed by atoms with Crippen molar-refractivity contribution in [1.29, 1.82) is 0 Å². The van der Waals surface area contributed by atoms with Crippen LogP contribution in [0, 0.1) is 20.8 Å². The molecule has 108 valence electrons. The normalized spacial score (nSPS) is 14.2. The first kappa shape index (κ1) is 15.3. The predicted molar refractivity (Wildman–Crippen MR) is 89.7 cm³/mol. The van der Waals surface area contributed by atoms with Crippen LogP contribution >= 0.6 is 11.3 Å². The number of benzene rings is 1. The number of hydrogen-bond donors (Lipinski definition) is 1. The first-order valence-corrected chi connectivity index (χ1v) is 8.15. The Balaban J connectivity index is 1.97. The van der Waals surface area contributed by atoms with Crippen LogP contribution in [0.25, 0.3) is 0 Å². The summed E-state index contributed by atoms with van der Waals surface area (Å²) in [5.41, 5.74) is 4.07. The van der Waals surface area contributed by atoms with E-state index in [-0.39, 0.29) is 0 Å². The summed E-state index contributed by atoms with van der Waals surface area (Å²) < 4.78 is 0. The molecule has 0 aliphatic rings. The zero-order valence-electron chi connectivity index (χ0n) is 13.2. The van der Waals surface area contributed by atoms with Crippen LogP contribution in [0.5, 0.6) is 0 Å². The number of nitrogens with one attached hydrogen (secondary N) is 1. The fourth-order valence-corrected chi connectivity index (χ4v) is 3.76. The summed E-state index contributed by atoms with van der Waals surface area (Å²) in [6.07, 6.45) is 1.10. The van der Waals surface area contributed by atoms with Gasteiger partial charge >= 0.3 is 0 Å². The predicted octanol–water partition coefficient (Wildman–Crippen LogP) is 4.96. The van der Waals surface area contributed by atoms with Gasteiger partial charge in [-0.15, -0.1) is 11.3 Å². The SMILES string of the molecule is Cc1cc(C)cc(C(C)NC(C)Cc2ccc(C)s2)c1. The first-order chi connectivity index (χ1) is 9.44. The van der Waals surface area contributed by atoms with E-state index in [0.29, 0.717) is 12.1 Å². The Hall–Kier alpha value is -1.12. The molecule has 1 aromatic carbocycles. The van der Waals surface area contributed by atoms with Crippen LogP contribution in [0.1, 0.15) is 46.3 Å². The van der Waals surface area contributed by atoms with Crippen LogP contribution in [-0.4, -0.2) is 6.04 Å². The topological polar surface area (TPSA) is 12.0 Å². The van der Waals surface area contributed by atoms with Crippen LogP contribution in [0.4, 0.5) is 0 Å². The molecule has 1 N–H and O–H groups in total. The molecule has 2 atom stereocenters. The van der Waals surface area contributed by atoms with Gasteiger partial charge in [0, 0.05) is 21.8 Å². The second kappa shape index (κ2) is 6.55. The summed E-state index contributed by atoms with van der Waals surface area (Å²) in [5, 5.41) is 3.71. The summed E-state index contributed by atoms with van der Waals surface area (Å²) in [5.74, 6) is 0. The molecule has 0 bridgehead atoms. The smallest absolute Gasteiger partial charge is 0.0294 e. The van der Waals surface area contributed by atoms with Crippen molar-refractivity contribution in [3.8, 4) is 0 Å². The Morgan fingerprint density at radius 1 is 1.00 bits per heavy atom. The highest BCUT2D eigenvalue weighted by Crippen LogP contribution is 2.20. The van der Waals surface area contributed by atoms with Gasteiger partial charge < -0.3 is 5.32 Å². The molecule has 2 heteroatoms. The first-order valence-electron chi connectivity index (χ1n) is 7.33. The van der Waals surface area contributed by atoms with Crippen molar-refractivity contribution in [2.45, 2.75) is 53.1 Å². The standard InChI is InChI=1S/C18H25NS/c1-12-8-13(2)10-17(9-12)16(5)19-14(3)11-18-7-6-15(4)20-18/h6-10,14,16,19H,11H2,1-5H3. The van der Waals surface area contributed by atoms with Crippen molar-refractivity contribution in [3.63, 3.8) is 0 Å². The third-order valence-electron chi connectivity index (χ3n) is 3.58. The molecule has 0 fully saturated rings. The maximum Gasteiger partial charge on any atom is 0.0294 e. The summed E-state index contributed by atoms with van der Waals surface area (Å²) in [7, 11) is 0. The maximum atomic E-state index is 3.71. The van der Waals surface area contributed by atoms with Crippen LogP contribution in [0.3, 0.4) is 0 Å². The monoisotopic (exact) mass is 287 g/mol. The van der Waals surface area contributed by atoms with Crippen molar-refractivity contribution in [2.24, 2.45) is 0 Å². The van der Waals surface area contributed by atoms with Gasteiger partial charge in [0.15, 0.2) is 0 Å². The van der Waals surface area contributed by atoms with Gasteiger partial charge in [0.05, 0.1) is 0 Å². The van der Waals surface area contributed by atoms with Gasteiger partial charge in [-0.2, -0.15) is 0 Å². The molecule has 20 heavy (non-hydrogen) atoms. The van der Waals surface area contributed by atoms with Crippen molar-refractivity contribution in [1.82, 2.24) is 5.32 Å². The summed E-state index contributed by atoms with van der Waals surface area (Å²) >= 11 is 1.90. The van der Waals surface area contributed by atoms with E-state index in [2.05, 4.69) is 70.3 Å². The summed E-state index contributed by atoms with van der Waals surface area (Å²) in [4.78, 5) is 2.87. The second-order valence-corrected chi connectivity index (χ2v) is 7.30. The quantitative estimate of drug-likeness (QED) is 0.820. The molecule has 0 radical (unpaired) electrons. The van der Waals surface area contributed by atoms with E-state index in [9.17, 15) is 0 Å². The molecular weight excluding hydrogens is 262 g/mol. The van der Waals surface area contributed by atoms with Crippen molar-refractivity contribution < 1.29 is 0 Å². The minimum atomic E-state index is 0.393. The van der Waals surface area contributed by atoms with Crippen LogP contribution in [0.15, 0.2) is 30.3 Å². The van der Waals surface area contributed by atoms with E-state index < -0.39 is 0 Å². The Labute approximate surface area is 127 Å². The number of aryl methyl sites for hydroxylation is 3. The average molecular weight is 287 g/mol. The van der Waals surface area contributed by atoms with Gasteiger partial charge in [-0.1, -0.05) is 29.3 Å². The molecular formula is C18H25NS. The van der Waals surface area contributed by atoms with Crippen molar-refractivity contribution in [2.75, 3.05) is 0 Å². The maximum absolute atomic E-state index is 3.71. The van der Waals surface area contributed by atoms with Crippen LogP contribution in [0.2, 0.25) is 0 Å². The van der Waals surface area contributed by atoms with Gasteiger partial charge in [0.2, 0.25) is 0 Å². The molecule has 0 spiro atoms. The fraction of sp³-hybridized carbons (Fsp3) is 0.444.